The molecule has 1 aliphatic rings. The zero-order valence-corrected chi connectivity index (χ0v) is 13.8. The van der Waals surface area contributed by atoms with Gasteiger partial charge in [0.2, 0.25) is 0 Å². The Morgan fingerprint density at radius 1 is 1.36 bits per heavy atom. The third kappa shape index (κ3) is 3.77. The van der Waals surface area contributed by atoms with Gasteiger partial charge in [0.1, 0.15) is 16.8 Å². The highest BCUT2D eigenvalue weighted by atomic mass is 32.1. The van der Waals surface area contributed by atoms with Crippen LogP contribution in [0.4, 0.5) is 18.2 Å². The van der Waals surface area contributed by atoms with E-state index in [1.165, 1.54) is 23.5 Å². The number of aryl methyl sites for hydroxylation is 1. The van der Waals surface area contributed by atoms with E-state index in [1.54, 1.807) is 0 Å². The minimum atomic E-state index is -4.47. The summed E-state index contributed by atoms with van der Waals surface area (Å²) >= 11 is 1.37. The average molecular weight is 366 g/mol. The summed E-state index contributed by atoms with van der Waals surface area (Å²) in [5.74, 6) is -0.562. The van der Waals surface area contributed by atoms with Crippen molar-refractivity contribution in [2.75, 3.05) is 11.9 Å². The Hall–Kier alpha value is -2.53. The minimum absolute atomic E-state index is 0.0424. The number of nitrogens with zero attached hydrogens (tertiary/aromatic N) is 1. The monoisotopic (exact) mass is 366 g/mol. The van der Waals surface area contributed by atoms with Crippen molar-refractivity contribution >= 4 is 22.2 Å². The van der Waals surface area contributed by atoms with Gasteiger partial charge in [0, 0.05) is 4.88 Å². The maximum Gasteiger partial charge on any atom is 0.416 e. The molecule has 0 fully saturated rings. The van der Waals surface area contributed by atoms with Crippen LogP contribution in [0.3, 0.4) is 0 Å². The van der Waals surface area contributed by atoms with Gasteiger partial charge in [-0.1, -0.05) is 6.07 Å². The molecule has 4 nitrogen and oxygen atoms in total. The number of amides is 1. The molecule has 2 aromatic rings. The number of ether oxygens (including phenoxy) is 1. The van der Waals surface area contributed by atoms with Crippen molar-refractivity contribution in [3.63, 3.8) is 0 Å². The first-order valence-corrected chi connectivity index (χ1v) is 8.34. The summed E-state index contributed by atoms with van der Waals surface area (Å²) in [5, 5.41) is 12.4. The van der Waals surface area contributed by atoms with Gasteiger partial charge in [-0.2, -0.15) is 18.4 Å². The highest BCUT2D eigenvalue weighted by Crippen LogP contribution is 2.38. The van der Waals surface area contributed by atoms with Crippen molar-refractivity contribution < 1.29 is 22.7 Å². The van der Waals surface area contributed by atoms with Crippen LogP contribution in [0.1, 0.15) is 28.0 Å². The second-order valence-corrected chi connectivity index (χ2v) is 6.64. The first kappa shape index (κ1) is 17.3. The number of hydrogen-bond acceptors (Lipinski definition) is 4. The number of nitrogens with one attached hydrogen (secondary N) is 1. The molecule has 1 aliphatic carbocycles. The number of fused-ring (bicyclic) bond motifs is 1. The molecule has 1 amide bonds. The molecule has 0 radical (unpaired) electrons. The minimum Gasteiger partial charge on any atom is -0.484 e. The van der Waals surface area contributed by atoms with Crippen molar-refractivity contribution in [3.8, 4) is 11.8 Å². The van der Waals surface area contributed by atoms with E-state index in [1.807, 2.05) is 0 Å². The van der Waals surface area contributed by atoms with Gasteiger partial charge in [-0.3, -0.25) is 4.79 Å². The number of thiophene rings is 1. The van der Waals surface area contributed by atoms with Gasteiger partial charge in [-0.15, -0.1) is 11.3 Å². The van der Waals surface area contributed by atoms with E-state index in [2.05, 4.69) is 11.4 Å². The van der Waals surface area contributed by atoms with Gasteiger partial charge in [0.05, 0.1) is 11.1 Å². The number of halogens is 3. The lowest BCUT2D eigenvalue weighted by molar-refractivity contribution is -0.137. The summed E-state index contributed by atoms with van der Waals surface area (Å²) in [5.41, 5.74) is 0.623. The van der Waals surface area contributed by atoms with E-state index in [4.69, 9.17) is 4.74 Å². The Morgan fingerprint density at radius 3 is 2.88 bits per heavy atom. The van der Waals surface area contributed by atoms with Crippen LogP contribution in [-0.2, 0) is 23.8 Å². The van der Waals surface area contributed by atoms with Crippen molar-refractivity contribution in [1.82, 2.24) is 0 Å². The summed E-state index contributed by atoms with van der Waals surface area (Å²) in [7, 11) is 0. The number of carbonyl (C=O) groups excluding carboxylic acids is 1. The van der Waals surface area contributed by atoms with E-state index in [-0.39, 0.29) is 5.75 Å². The Bertz CT molecular complexity index is 853. The van der Waals surface area contributed by atoms with E-state index < -0.39 is 24.3 Å². The van der Waals surface area contributed by atoms with Crippen LogP contribution in [0, 0.1) is 11.3 Å². The number of alkyl halides is 3. The van der Waals surface area contributed by atoms with Crippen molar-refractivity contribution in [3.05, 3.63) is 45.8 Å². The van der Waals surface area contributed by atoms with Gasteiger partial charge in [0.25, 0.3) is 5.91 Å². The number of anilines is 1. The standard InChI is InChI=1S/C17H13F3N2O2S/c18-17(19,20)10-3-1-4-11(7-10)24-9-15(23)22-16-13(8-21)12-5-2-6-14(12)25-16/h1,3-4,7H,2,5-6,9H2,(H,22,23). The third-order valence-corrected chi connectivity index (χ3v) is 5.02. The molecule has 0 unspecified atom stereocenters. The molecule has 0 spiro atoms. The second-order valence-electron chi connectivity index (χ2n) is 5.54. The Kier molecular flexibility index (Phi) is 4.68. The first-order valence-electron chi connectivity index (χ1n) is 7.53. The molecule has 1 N–H and O–H groups in total. The Morgan fingerprint density at radius 2 is 2.16 bits per heavy atom. The number of carbonyl (C=O) groups is 1. The van der Waals surface area contributed by atoms with Crippen molar-refractivity contribution in [1.29, 1.82) is 5.26 Å². The lowest BCUT2D eigenvalue weighted by Gasteiger charge is -2.10. The molecular weight excluding hydrogens is 353 g/mol. The highest BCUT2D eigenvalue weighted by molar-refractivity contribution is 7.16. The fraction of sp³-hybridized carbons (Fsp3) is 0.294. The summed E-state index contributed by atoms with van der Waals surface area (Å²) < 4.78 is 43.1. The number of nitriles is 1. The van der Waals surface area contributed by atoms with Crippen LogP contribution in [0.5, 0.6) is 5.75 Å². The highest BCUT2D eigenvalue weighted by Gasteiger charge is 2.30. The van der Waals surface area contributed by atoms with E-state index in [9.17, 15) is 23.2 Å². The molecule has 0 saturated carbocycles. The smallest absolute Gasteiger partial charge is 0.416 e. The quantitative estimate of drug-likeness (QED) is 0.884. The molecule has 8 heteroatoms. The van der Waals surface area contributed by atoms with Crippen LogP contribution in [-0.4, -0.2) is 12.5 Å². The first-order chi connectivity index (χ1) is 11.9. The molecular formula is C17H13F3N2O2S. The molecule has 0 atom stereocenters. The van der Waals surface area contributed by atoms with Gasteiger partial charge in [-0.25, -0.2) is 0 Å². The normalized spacial score (nSPS) is 13.2. The lowest BCUT2D eigenvalue weighted by atomic mass is 10.1. The zero-order chi connectivity index (χ0) is 18.0. The van der Waals surface area contributed by atoms with Crippen LogP contribution >= 0.6 is 11.3 Å². The predicted molar refractivity (Wildman–Crippen MR) is 86.6 cm³/mol. The summed E-state index contributed by atoms with van der Waals surface area (Å²) in [4.78, 5) is 13.1. The third-order valence-electron chi connectivity index (χ3n) is 3.82. The summed E-state index contributed by atoms with van der Waals surface area (Å²) in [6.07, 6.45) is -1.75. The van der Waals surface area contributed by atoms with Gasteiger partial charge in [0.15, 0.2) is 6.61 Å². The van der Waals surface area contributed by atoms with E-state index >= 15 is 0 Å². The fourth-order valence-corrected chi connectivity index (χ4v) is 3.94. The molecule has 1 aromatic carbocycles. The van der Waals surface area contributed by atoms with Gasteiger partial charge < -0.3 is 10.1 Å². The second kappa shape index (κ2) is 6.76. The SMILES string of the molecule is N#Cc1c(NC(=O)COc2cccc(C(F)(F)F)c2)sc2c1CCC2. The van der Waals surface area contributed by atoms with E-state index in [0.29, 0.717) is 10.6 Å². The molecule has 0 bridgehead atoms. The van der Waals surface area contributed by atoms with Crippen LogP contribution in [0.2, 0.25) is 0 Å². The van der Waals surface area contributed by atoms with Crippen LogP contribution in [0.25, 0.3) is 0 Å². The molecule has 3 rings (SSSR count). The number of benzene rings is 1. The molecule has 130 valence electrons. The summed E-state index contributed by atoms with van der Waals surface area (Å²) in [6.45, 7) is -0.436. The van der Waals surface area contributed by atoms with Crippen molar-refractivity contribution in [2.45, 2.75) is 25.4 Å². The van der Waals surface area contributed by atoms with Crippen LogP contribution in [0.15, 0.2) is 24.3 Å². The summed E-state index contributed by atoms with van der Waals surface area (Å²) in [6, 6.07) is 6.45. The Labute approximate surface area is 145 Å². The fourth-order valence-electron chi connectivity index (χ4n) is 2.68. The number of rotatable bonds is 4. The lowest BCUT2D eigenvalue weighted by Crippen LogP contribution is -2.20. The Balaban J connectivity index is 1.64. The maximum atomic E-state index is 12.7. The van der Waals surface area contributed by atoms with E-state index in [0.717, 1.165) is 41.8 Å². The van der Waals surface area contributed by atoms with Gasteiger partial charge >= 0.3 is 6.18 Å². The molecule has 0 aliphatic heterocycles. The van der Waals surface area contributed by atoms with Crippen molar-refractivity contribution in [2.24, 2.45) is 0 Å². The topological polar surface area (TPSA) is 62.1 Å². The largest absolute Gasteiger partial charge is 0.484 e. The zero-order valence-electron chi connectivity index (χ0n) is 12.9. The van der Waals surface area contributed by atoms with Crippen LogP contribution < -0.4 is 10.1 Å². The molecule has 0 saturated heterocycles. The average Bonchev–Trinajstić information content (AvgIpc) is 3.13. The molecule has 25 heavy (non-hydrogen) atoms. The predicted octanol–water partition coefficient (Wildman–Crippen LogP) is 4.14. The molecule has 1 aromatic heterocycles. The van der Waals surface area contributed by atoms with Gasteiger partial charge in [-0.05, 0) is 43.0 Å². The number of hydrogen-bond donors (Lipinski definition) is 1. The molecule has 1 heterocycles. The maximum absolute atomic E-state index is 12.7.